The third-order valence-electron chi connectivity index (χ3n) is 3.90. The first-order valence-corrected chi connectivity index (χ1v) is 8.01. The number of nitrogens with one attached hydrogen (secondary N) is 1. The van der Waals surface area contributed by atoms with Gasteiger partial charge in [-0.25, -0.2) is 4.79 Å². The molecule has 0 unspecified atom stereocenters. The summed E-state index contributed by atoms with van der Waals surface area (Å²) in [7, 11) is 0. The van der Waals surface area contributed by atoms with Gasteiger partial charge in [0.05, 0.1) is 12.5 Å². The summed E-state index contributed by atoms with van der Waals surface area (Å²) < 4.78 is 0. The van der Waals surface area contributed by atoms with Gasteiger partial charge in [0.15, 0.2) is 0 Å². The first-order valence-electron chi connectivity index (χ1n) is 8.01. The molecule has 0 saturated carbocycles. The maximum Gasteiger partial charge on any atom is 0.326 e. The van der Waals surface area contributed by atoms with Crippen molar-refractivity contribution in [2.45, 2.75) is 57.7 Å². The molecule has 1 saturated heterocycles. The van der Waals surface area contributed by atoms with E-state index in [1.165, 1.54) is 4.90 Å². The topological polar surface area (TPSA) is 156 Å². The van der Waals surface area contributed by atoms with E-state index in [9.17, 15) is 24.3 Å². The lowest BCUT2D eigenvalue weighted by molar-refractivity contribution is -0.149. The van der Waals surface area contributed by atoms with Gasteiger partial charge in [-0.1, -0.05) is 13.8 Å². The first kappa shape index (κ1) is 19.9. The molecule has 24 heavy (non-hydrogen) atoms. The number of carboxylic acids is 1. The average Bonchev–Trinajstić information content (AvgIpc) is 2.93. The molecule has 0 radical (unpaired) electrons. The molecule has 1 aliphatic rings. The Kier molecular flexibility index (Phi) is 7.15. The lowest BCUT2D eigenvalue weighted by Gasteiger charge is -2.27. The Balaban J connectivity index is 2.84. The second-order valence-corrected chi connectivity index (χ2v) is 6.50. The van der Waals surface area contributed by atoms with Gasteiger partial charge in [0.25, 0.3) is 0 Å². The minimum Gasteiger partial charge on any atom is -0.480 e. The van der Waals surface area contributed by atoms with E-state index in [1.54, 1.807) is 0 Å². The van der Waals surface area contributed by atoms with Crippen LogP contribution in [0.25, 0.3) is 0 Å². The number of likely N-dealkylation sites (tertiary alicyclic amines) is 1. The second-order valence-electron chi connectivity index (χ2n) is 6.50. The molecule has 3 amide bonds. The van der Waals surface area contributed by atoms with Crippen molar-refractivity contribution in [3.63, 3.8) is 0 Å². The quantitative estimate of drug-likeness (QED) is 0.434. The zero-order chi connectivity index (χ0) is 18.4. The van der Waals surface area contributed by atoms with Crippen LogP contribution < -0.4 is 16.8 Å². The fraction of sp³-hybridized carbons (Fsp3) is 0.733. The van der Waals surface area contributed by atoms with Crippen LogP contribution in [-0.4, -0.2) is 58.4 Å². The standard InChI is InChI=1S/C15H26N4O5/c1-8(2)6-9(16)13(21)18-10(7-12(17)20)14(22)19-5-3-4-11(19)15(23)24/h8-11H,3-7,16H2,1-2H3,(H2,17,20)(H,18,21)(H,23,24)/t9-,10-,11+/m0/s1. The fourth-order valence-corrected chi connectivity index (χ4v) is 2.78. The summed E-state index contributed by atoms with van der Waals surface area (Å²) in [4.78, 5) is 48.3. The molecular weight excluding hydrogens is 316 g/mol. The lowest BCUT2D eigenvalue weighted by Crippen LogP contribution is -2.55. The predicted molar refractivity (Wildman–Crippen MR) is 85.5 cm³/mol. The molecule has 1 rings (SSSR count). The number of primary amides is 1. The summed E-state index contributed by atoms with van der Waals surface area (Å²) >= 11 is 0. The van der Waals surface area contributed by atoms with Crippen LogP contribution in [0.3, 0.4) is 0 Å². The van der Waals surface area contributed by atoms with Crippen molar-refractivity contribution in [2.75, 3.05) is 6.54 Å². The van der Waals surface area contributed by atoms with Gasteiger partial charge in [-0.15, -0.1) is 0 Å². The van der Waals surface area contributed by atoms with Crippen LogP contribution >= 0.6 is 0 Å². The molecule has 0 spiro atoms. The van der Waals surface area contributed by atoms with Gasteiger partial charge in [0.1, 0.15) is 12.1 Å². The Bertz CT molecular complexity index is 508. The van der Waals surface area contributed by atoms with Gasteiger partial charge in [-0.2, -0.15) is 0 Å². The van der Waals surface area contributed by atoms with Crippen molar-refractivity contribution in [2.24, 2.45) is 17.4 Å². The molecule has 0 aromatic rings. The Morgan fingerprint density at radius 2 is 1.92 bits per heavy atom. The van der Waals surface area contributed by atoms with Gasteiger partial charge in [-0.3, -0.25) is 14.4 Å². The third kappa shape index (κ3) is 5.48. The molecule has 1 aliphatic heterocycles. The number of aliphatic carboxylic acids is 1. The van der Waals surface area contributed by atoms with E-state index in [-0.39, 0.29) is 12.5 Å². The van der Waals surface area contributed by atoms with Crippen molar-refractivity contribution >= 4 is 23.7 Å². The summed E-state index contributed by atoms with van der Waals surface area (Å²) in [5.74, 6) is -2.87. The molecule has 9 nitrogen and oxygen atoms in total. The molecule has 1 heterocycles. The van der Waals surface area contributed by atoms with E-state index < -0.39 is 48.2 Å². The van der Waals surface area contributed by atoms with Crippen LogP contribution in [0, 0.1) is 5.92 Å². The number of carbonyl (C=O) groups excluding carboxylic acids is 3. The summed E-state index contributed by atoms with van der Waals surface area (Å²) in [6.07, 6.45) is 0.907. The smallest absolute Gasteiger partial charge is 0.326 e. The molecule has 9 heteroatoms. The monoisotopic (exact) mass is 342 g/mol. The average molecular weight is 342 g/mol. The molecule has 1 fully saturated rings. The van der Waals surface area contributed by atoms with E-state index in [1.807, 2.05) is 13.8 Å². The Labute approximate surface area is 140 Å². The van der Waals surface area contributed by atoms with Gasteiger partial charge in [0.2, 0.25) is 17.7 Å². The highest BCUT2D eigenvalue weighted by Gasteiger charge is 2.38. The summed E-state index contributed by atoms with van der Waals surface area (Å²) in [5.41, 5.74) is 10.9. The summed E-state index contributed by atoms with van der Waals surface area (Å²) in [5, 5.41) is 11.6. The number of carbonyl (C=O) groups is 4. The van der Waals surface area contributed by atoms with E-state index in [4.69, 9.17) is 11.5 Å². The van der Waals surface area contributed by atoms with Gasteiger partial charge in [0, 0.05) is 6.54 Å². The van der Waals surface area contributed by atoms with E-state index in [2.05, 4.69) is 5.32 Å². The van der Waals surface area contributed by atoms with Crippen LogP contribution in [-0.2, 0) is 19.2 Å². The maximum absolute atomic E-state index is 12.6. The summed E-state index contributed by atoms with van der Waals surface area (Å²) in [6.45, 7) is 4.07. The van der Waals surface area contributed by atoms with Gasteiger partial charge in [-0.05, 0) is 25.2 Å². The molecule has 0 aromatic carbocycles. The highest BCUT2D eigenvalue weighted by Crippen LogP contribution is 2.19. The number of nitrogens with zero attached hydrogens (tertiary/aromatic N) is 1. The highest BCUT2D eigenvalue weighted by molar-refractivity contribution is 5.94. The van der Waals surface area contributed by atoms with Crippen molar-refractivity contribution in [1.29, 1.82) is 0 Å². The molecule has 0 aromatic heterocycles. The zero-order valence-electron chi connectivity index (χ0n) is 14.0. The van der Waals surface area contributed by atoms with Crippen molar-refractivity contribution in [1.82, 2.24) is 10.2 Å². The zero-order valence-corrected chi connectivity index (χ0v) is 14.0. The molecule has 0 bridgehead atoms. The number of nitrogens with two attached hydrogens (primary N) is 2. The Morgan fingerprint density at radius 1 is 1.29 bits per heavy atom. The van der Waals surface area contributed by atoms with Crippen LogP contribution in [0.2, 0.25) is 0 Å². The van der Waals surface area contributed by atoms with Crippen LogP contribution in [0.5, 0.6) is 0 Å². The van der Waals surface area contributed by atoms with Gasteiger partial charge >= 0.3 is 5.97 Å². The summed E-state index contributed by atoms with van der Waals surface area (Å²) in [6, 6.07) is -2.97. The largest absolute Gasteiger partial charge is 0.480 e. The number of hydrogen-bond donors (Lipinski definition) is 4. The minimum absolute atomic E-state index is 0.186. The maximum atomic E-state index is 12.6. The Morgan fingerprint density at radius 3 is 2.42 bits per heavy atom. The minimum atomic E-state index is -1.20. The molecule has 136 valence electrons. The number of amides is 3. The first-order chi connectivity index (χ1) is 11.1. The number of rotatable bonds is 8. The van der Waals surface area contributed by atoms with Crippen molar-refractivity contribution in [3.05, 3.63) is 0 Å². The second kappa shape index (κ2) is 8.62. The van der Waals surface area contributed by atoms with Crippen LogP contribution in [0.1, 0.15) is 39.5 Å². The molecular formula is C15H26N4O5. The van der Waals surface area contributed by atoms with E-state index in [0.717, 1.165) is 0 Å². The Hall–Kier alpha value is -2.16. The normalized spacial score (nSPS) is 19.8. The molecule has 6 N–H and O–H groups in total. The van der Waals surface area contributed by atoms with Gasteiger partial charge < -0.3 is 26.8 Å². The third-order valence-corrected chi connectivity index (χ3v) is 3.90. The predicted octanol–water partition coefficient (Wildman–Crippen LogP) is -1.20. The highest BCUT2D eigenvalue weighted by atomic mass is 16.4. The SMILES string of the molecule is CC(C)C[C@H](N)C(=O)N[C@@H](CC(N)=O)C(=O)N1CCC[C@@H]1C(=O)O. The van der Waals surface area contributed by atoms with Crippen molar-refractivity contribution < 1.29 is 24.3 Å². The van der Waals surface area contributed by atoms with E-state index in [0.29, 0.717) is 19.3 Å². The fourth-order valence-electron chi connectivity index (χ4n) is 2.78. The lowest BCUT2D eigenvalue weighted by atomic mass is 10.0. The van der Waals surface area contributed by atoms with Crippen LogP contribution in [0.15, 0.2) is 0 Å². The molecule has 0 aliphatic carbocycles. The number of carboxylic acid groups (broad SMARTS) is 1. The van der Waals surface area contributed by atoms with Crippen molar-refractivity contribution in [3.8, 4) is 0 Å². The van der Waals surface area contributed by atoms with E-state index >= 15 is 0 Å². The van der Waals surface area contributed by atoms with Crippen LogP contribution in [0.4, 0.5) is 0 Å². The molecule has 3 atom stereocenters. The number of hydrogen-bond acceptors (Lipinski definition) is 5.